The summed E-state index contributed by atoms with van der Waals surface area (Å²) in [7, 11) is -3.63. The first-order chi connectivity index (χ1) is 22.8. The zero-order chi connectivity index (χ0) is 34.4. The maximum Gasteiger partial charge on any atom is 0.410 e. The van der Waals surface area contributed by atoms with E-state index < -0.39 is 32.4 Å². The Hall–Kier alpha value is -3.04. The maximum atomic E-state index is 13.6. The second-order valence-electron chi connectivity index (χ2n) is 13.7. The Morgan fingerprint density at radius 1 is 1.02 bits per heavy atom. The number of nitrogens with one attached hydrogen (secondary N) is 2. The summed E-state index contributed by atoms with van der Waals surface area (Å²) in [4.78, 5) is 46.7. The van der Waals surface area contributed by atoms with Gasteiger partial charge in [-0.15, -0.1) is 11.3 Å². The summed E-state index contributed by atoms with van der Waals surface area (Å²) in [6.07, 6.45) is 4.14. The fourth-order valence-electron chi connectivity index (χ4n) is 6.26. The molecule has 0 spiro atoms. The molecule has 2 aromatic rings. The van der Waals surface area contributed by atoms with E-state index in [1.807, 2.05) is 45.0 Å². The first-order valence-electron chi connectivity index (χ1n) is 16.7. The summed E-state index contributed by atoms with van der Waals surface area (Å²) in [6.45, 7) is 6.95. The van der Waals surface area contributed by atoms with Gasteiger partial charge in [0.1, 0.15) is 17.0 Å². The lowest BCUT2D eigenvalue weighted by Gasteiger charge is -2.35. The second kappa shape index (κ2) is 15.7. The topological polar surface area (TPSA) is 150 Å². The number of benzene rings is 1. The highest BCUT2D eigenvalue weighted by Crippen LogP contribution is 2.47. The van der Waals surface area contributed by atoms with Gasteiger partial charge in [-0.05, 0) is 89.1 Å². The number of amides is 3. The summed E-state index contributed by atoms with van der Waals surface area (Å²) in [5, 5.41) is 2.89. The van der Waals surface area contributed by atoms with Crippen LogP contribution in [0.1, 0.15) is 83.4 Å². The van der Waals surface area contributed by atoms with Gasteiger partial charge in [-0.2, -0.15) is 0 Å². The molecule has 0 aliphatic carbocycles. The zero-order valence-electron chi connectivity index (χ0n) is 28.0. The van der Waals surface area contributed by atoms with Crippen molar-refractivity contribution < 1.29 is 41.8 Å². The number of piperidine rings is 1. The minimum atomic E-state index is -3.63. The fourth-order valence-corrected chi connectivity index (χ4v) is 10.0. The van der Waals surface area contributed by atoms with Gasteiger partial charge in [0.05, 0.1) is 18.3 Å². The Labute approximate surface area is 286 Å². The van der Waals surface area contributed by atoms with Crippen LogP contribution in [0.5, 0.6) is 0 Å². The number of carbonyl (C=O) groups excluding carboxylic acids is 3. The van der Waals surface area contributed by atoms with Crippen molar-refractivity contribution in [1.29, 1.82) is 0 Å². The third-order valence-electron chi connectivity index (χ3n) is 8.76. The zero-order valence-corrected chi connectivity index (χ0v) is 29.6. The average Bonchev–Trinajstić information content (AvgIpc) is 3.55. The normalized spacial score (nSPS) is 23.3. The quantitative estimate of drug-likeness (QED) is 0.305. The molecule has 0 saturated carbocycles. The van der Waals surface area contributed by atoms with Crippen molar-refractivity contribution in [3.8, 4) is 10.4 Å². The van der Waals surface area contributed by atoms with E-state index in [1.54, 1.807) is 17.0 Å². The molecule has 14 heteroatoms. The van der Waals surface area contributed by atoms with Crippen molar-refractivity contribution >= 4 is 44.8 Å². The molecule has 48 heavy (non-hydrogen) atoms. The second-order valence-corrected chi connectivity index (χ2v) is 17.2. The van der Waals surface area contributed by atoms with Gasteiger partial charge in [-0.1, -0.05) is 18.6 Å². The number of likely N-dealkylation sites (tertiary alicyclic amines) is 1. The van der Waals surface area contributed by atoms with E-state index in [9.17, 15) is 22.8 Å². The molecular formula is C34H47N3O9S2. The van der Waals surface area contributed by atoms with Crippen LogP contribution in [0.25, 0.3) is 10.4 Å². The number of sulfone groups is 1. The minimum absolute atomic E-state index is 0.0204. The Balaban J connectivity index is 1.18. The van der Waals surface area contributed by atoms with E-state index >= 15 is 0 Å². The molecule has 4 heterocycles. The highest BCUT2D eigenvalue weighted by atomic mass is 32.2. The lowest BCUT2D eigenvalue weighted by atomic mass is 9.94. The average molecular weight is 706 g/mol. The molecule has 3 aliphatic heterocycles. The van der Waals surface area contributed by atoms with Crippen LogP contribution >= 0.6 is 11.3 Å². The Morgan fingerprint density at radius 3 is 2.52 bits per heavy atom. The molecule has 264 valence electrons. The molecular weight excluding hydrogens is 659 g/mol. The van der Waals surface area contributed by atoms with Gasteiger partial charge in [0, 0.05) is 41.6 Å². The van der Waals surface area contributed by atoms with Crippen LogP contribution < -0.4 is 10.8 Å². The third-order valence-corrected chi connectivity index (χ3v) is 12.8. The number of hydrogen-bond acceptors (Lipinski definition) is 10. The largest absolute Gasteiger partial charge is 0.444 e. The van der Waals surface area contributed by atoms with Crippen molar-refractivity contribution in [2.45, 2.75) is 101 Å². The molecule has 3 saturated heterocycles. The van der Waals surface area contributed by atoms with Gasteiger partial charge in [0.2, 0.25) is 11.8 Å². The monoisotopic (exact) mass is 705 g/mol. The SMILES string of the molecule is CC(C)(C)OC(=O)N1CCC(OCC(=O)Nc2cccc(-c3ccc([C@@]4(CC(=O)NOC5CCCCO5)CCCCS4(=O)=O)s3)c2)CC1. The number of rotatable bonds is 10. The molecule has 3 aliphatic rings. The van der Waals surface area contributed by atoms with Crippen molar-refractivity contribution in [3.05, 3.63) is 41.3 Å². The van der Waals surface area contributed by atoms with E-state index in [4.69, 9.17) is 19.0 Å². The van der Waals surface area contributed by atoms with Crippen molar-refractivity contribution in [3.63, 3.8) is 0 Å². The van der Waals surface area contributed by atoms with Crippen LogP contribution in [0, 0.1) is 0 Å². The van der Waals surface area contributed by atoms with E-state index in [2.05, 4.69) is 10.8 Å². The molecule has 1 aromatic carbocycles. The Morgan fingerprint density at radius 2 is 1.81 bits per heavy atom. The van der Waals surface area contributed by atoms with Gasteiger partial charge in [-0.3, -0.25) is 9.59 Å². The summed E-state index contributed by atoms with van der Waals surface area (Å²) in [6, 6.07) is 11.0. The van der Waals surface area contributed by atoms with E-state index in [1.165, 1.54) is 11.3 Å². The van der Waals surface area contributed by atoms with E-state index in [0.29, 0.717) is 68.8 Å². The lowest BCUT2D eigenvalue weighted by Crippen LogP contribution is -2.45. The molecule has 2 atom stereocenters. The van der Waals surface area contributed by atoms with Gasteiger partial charge < -0.3 is 24.4 Å². The third kappa shape index (κ3) is 9.35. The highest BCUT2D eigenvalue weighted by molar-refractivity contribution is 7.92. The van der Waals surface area contributed by atoms with Crippen molar-refractivity contribution in [2.24, 2.45) is 0 Å². The van der Waals surface area contributed by atoms with Crippen LogP contribution in [-0.2, 0) is 43.2 Å². The van der Waals surface area contributed by atoms with Crippen molar-refractivity contribution in [2.75, 3.05) is 37.4 Å². The van der Waals surface area contributed by atoms with E-state index in [-0.39, 0.29) is 36.9 Å². The summed E-state index contributed by atoms with van der Waals surface area (Å²) in [5.41, 5.74) is 3.28. The summed E-state index contributed by atoms with van der Waals surface area (Å²) >= 11 is 1.34. The number of nitrogens with zero attached hydrogens (tertiary/aromatic N) is 1. The fraction of sp³-hybridized carbons (Fsp3) is 0.618. The smallest absolute Gasteiger partial charge is 0.410 e. The van der Waals surface area contributed by atoms with Gasteiger partial charge in [0.15, 0.2) is 16.1 Å². The lowest BCUT2D eigenvalue weighted by molar-refractivity contribution is -0.200. The van der Waals surface area contributed by atoms with Gasteiger partial charge >= 0.3 is 6.09 Å². The number of anilines is 1. The predicted octanol–water partition coefficient (Wildman–Crippen LogP) is 5.53. The number of ether oxygens (including phenoxy) is 3. The minimum Gasteiger partial charge on any atom is -0.444 e. The predicted molar refractivity (Wildman–Crippen MR) is 182 cm³/mol. The van der Waals surface area contributed by atoms with Gasteiger partial charge in [-0.25, -0.2) is 23.5 Å². The summed E-state index contributed by atoms with van der Waals surface area (Å²) in [5.74, 6) is -0.773. The molecule has 0 bridgehead atoms. The van der Waals surface area contributed by atoms with Crippen LogP contribution in [-0.4, -0.2) is 81.3 Å². The standard InChI is InChI=1S/C34H47N3O9S2/c1-33(2,3)45-32(40)37-17-14-26(15-18-37)44-23-30(39)35-25-10-8-9-24(21-25)27-12-13-28(47-27)34(16-5-7-20-48(34,41)42)22-29(38)36-46-31-11-4-6-19-43-31/h8-10,12-13,21,26,31H,4-7,11,14-20,22-23H2,1-3H3,(H,35,39)(H,36,38)/t31?,34-/m0/s1. The number of hydrogen-bond donors (Lipinski definition) is 2. The number of thiophene rings is 1. The number of hydroxylamine groups is 1. The molecule has 3 amide bonds. The van der Waals surface area contributed by atoms with Gasteiger partial charge in [0.25, 0.3) is 0 Å². The van der Waals surface area contributed by atoms with Crippen LogP contribution in [0.15, 0.2) is 36.4 Å². The molecule has 3 fully saturated rings. The first-order valence-corrected chi connectivity index (χ1v) is 19.2. The molecule has 5 rings (SSSR count). The first kappa shape index (κ1) is 36.2. The number of carbonyl (C=O) groups is 3. The molecule has 1 unspecified atom stereocenters. The van der Waals surface area contributed by atoms with Crippen LogP contribution in [0.4, 0.5) is 10.5 Å². The molecule has 12 nitrogen and oxygen atoms in total. The molecule has 2 N–H and O–H groups in total. The van der Waals surface area contributed by atoms with Crippen LogP contribution in [0.3, 0.4) is 0 Å². The summed E-state index contributed by atoms with van der Waals surface area (Å²) < 4.78 is 42.7. The molecule has 0 radical (unpaired) electrons. The Kier molecular flexibility index (Phi) is 11.8. The van der Waals surface area contributed by atoms with E-state index in [0.717, 1.165) is 23.3 Å². The van der Waals surface area contributed by atoms with Crippen LogP contribution in [0.2, 0.25) is 0 Å². The maximum absolute atomic E-state index is 13.6. The van der Waals surface area contributed by atoms with Crippen molar-refractivity contribution in [1.82, 2.24) is 10.4 Å². The molecule has 1 aromatic heterocycles. The Bertz CT molecular complexity index is 1540. The highest BCUT2D eigenvalue weighted by Gasteiger charge is 2.49.